The van der Waals surface area contributed by atoms with Crippen molar-refractivity contribution in [1.82, 2.24) is 9.78 Å². The molecule has 0 amide bonds. The van der Waals surface area contributed by atoms with E-state index < -0.39 is 0 Å². The topological polar surface area (TPSA) is 43.8 Å². The lowest BCUT2D eigenvalue weighted by Crippen LogP contribution is -2.24. The fraction of sp³-hybridized carbons (Fsp3) is 0.500. The van der Waals surface area contributed by atoms with Gasteiger partial charge in [-0.25, -0.2) is 0 Å². The summed E-state index contributed by atoms with van der Waals surface area (Å²) in [5.74, 6) is 0.683. The quantitative estimate of drug-likeness (QED) is 0.909. The summed E-state index contributed by atoms with van der Waals surface area (Å²) in [4.78, 5) is 0. The lowest BCUT2D eigenvalue weighted by molar-refractivity contribution is 0.284. The highest BCUT2D eigenvalue weighted by Crippen LogP contribution is 2.36. The van der Waals surface area contributed by atoms with Crippen molar-refractivity contribution in [3.63, 3.8) is 0 Å². The van der Waals surface area contributed by atoms with Gasteiger partial charge in [-0.2, -0.15) is 5.10 Å². The largest absolute Gasteiger partial charge is 0.384 e. The minimum atomic E-state index is 0.167. The number of nitrogen functional groups attached to an aromatic ring is 1. The minimum Gasteiger partial charge on any atom is -0.384 e. The van der Waals surface area contributed by atoms with Crippen LogP contribution in [0.1, 0.15) is 46.6 Å². The first-order valence-corrected chi connectivity index (χ1v) is 7.49. The molecule has 2 aromatic rings. The fourth-order valence-corrected chi connectivity index (χ4v) is 3.14. The Labute approximate surface area is 128 Å². The second-order valence-corrected chi connectivity index (χ2v) is 7.78. The Morgan fingerprint density at radius 3 is 2.05 bits per heavy atom. The maximum absolute atomic E-state index is 5.85. The summed E-state index contributed by atoms with van der Waals surface area (Å²) in [6.45, 7) is 11.5. The second kappa shape index (κ2) is 5.21. The number of aromatic nitrogens is 2. The highest BCUT2D eigenvalue weighted by Gasteiger charge is 2.27. The first kappa shape index (κ1) is 15.6. The minimum absolute atomic E-state index is 0.167. The SMILES string of the molecule is Cn1nc(-c2ccc(C(C)(C)CC(C)(C)C)cc2)cc1N. The third-order valence-electron chi connectivity index (χ3n) is 3.85. The van der Waals surface area contributed by atoms with Crippen molar-refractivity contribution >= 4 is 5.82 Å². The van der Waals surface area contributed by atoms with Crippen LogP contribution >= 0.6 is 0 Å². The van der Waals surface area contributed by atoms with Gasteiger partial charge in [0.15, 0.2) is 0 Å². The van der Waals surface area contributed by atoms with Crippen LogP contribution in [0.3, 0.4) is 0 Å². The molecule has 0 fully saturated rings. The van der Waals surface area contributed by atoms with E-state index in [1.165, 1.54) is 5.56 Å². The third kappa shape index (κ3) is 3.66. The first-order valence-electron chi connectivity index (χ1n) is 7.49. The molecule has 1 heterocycles. The molecule has 114 valence electrons. The number of hydrogen-bond donors (Lipinski definition) is 1. The molecule has 0 saturated carbocycles. The molecule has 2 rings (SSSR count). The van der Waals surface area contributed by atoms with E-state index in [-0.39, 0.29) is 5.41 Å². The van der Waals surface area contributed by atoms with Crippen LogP contribution in [0, 0.1) is 5.41 Å². The van der Waals surface area contributed by atoms with Crippen LogP contribution in [0.25, 0.3) is 11.3 Å². The summed E-state index contributed by atoms with van der Waals surface area (Å²) in [7, 11) is 1.86. The highest BCUT2D eigenvalue weighted by atomic mass is 15.3. The molecule has 2 N–H and O–H groups in total. The van der Waals surface area contributed by atoms with Crippen molar-refractivity contribution in [1.29, 1.82) is 0 Å². The van der Waals surface area contributed by atoms with Gasteiger partial charge in [-0.15, -0.1) is 0 Å². The summed E-state index contributed by atoms with van der Waals surface area (Å²) in [6.07, 6.45) is 1.15. The zero-order valence-electron chi connectivity index (χ0n) is 14.1. The van der Waals surface area contributed by atoms with Gasteiger partial charge in [-0.05, 0) is 22.8 Å². The Kier molecular flexibility index (Phi) is 3.87. The Hall–Kier alpha value is -1.77. The molecule has 21 heavy (non-hydrogen) atoms. The molecule has 3 nitrogen and oxygen atoms in total. The summed E-state index contributed by atoms with van der Waals surface area (Å²) < 4.78 is 1.70. The van der Waals surface area contributed by atoms with Crippen molar-refractivity contribution in [3.8, 4) is 11.3 Å². The van der Waals surface area contributed by atoms with Crippen LogP contribution in [0.15, 0.2) is 30.3 Å². The number of hydrogen-bond acceptors (Lipinski definition) is 2. The van der Waals surface area contributed by atoms with E-state index in [1.54, 1.807) is 4.68 Å². The van der Waals surface area contributed by atoms with Gasteiger partial charge in [0.05, 0.1) is 5.69 Å². The maximum atomic E-state index is 5.85. The molecule has 1 aromatic carbocycles. The van der Waals surface area contributed by atoms with Gasteiger partial charge < -0.3 is 5.73 Å². The molecular weight excluding hydrogens is 258 g/mol. The van der Waals surface area contributed by atoms with Crippen LogP contribution < -0.4 is 5.73 Å². The molecule has 0 aliphatic carbocycles. The van der Waals surface area contributed by atoms with Gasteiger partial charge in [0.2, 0.25) is 0 Å². The Balaban J connectivity index is 2.26. The van der Waals surface area contributed by atoms with Gasteiger partial charge in [-0.3, -0.25) is 4.68 Å². The smallest absolute Gasteiger partial charge is 0.121 e. The van der Waals surface area contributed by atoms with Crippen molar-refractivity contribution < 1.29 is 0 Å². The van der Waals surface area contributed by atoms with E-state index in [9.17, 15) is 0 Å². The Morgan fingerprint density at radius 1 is 1.05 bits per heavy atom. The van der Waals surface area contributed by atoms with E-state index in [2.05, 4.69) is 64.0 Å². The molecule has 0 radical (unpaired) electrons. The summed E-state index contributed by atoms with van der Waals surface area (Å²) in [5, 5.41) is 4.42. The summed E-state index contributed by atoms with van der Waals surface area (Å²) >= 11 is 0. The number of benzene rings is 1. The zero-order chi connectivity index (χ0) is 15.8. The van der Waals surface area contributed by atoms with Gasteiger partial charge in [-0.1, -0.05) is 58.9 Å². The van der Waals surface area contributed by atoms with Gasteiger partial charge in [0, 0.05) is 18.7 Å². The lowest BCUT2D eigenvalue weighted by atomic mass is 9.72. The van der Waals surface area contributed by atoms with Crippen molar-refractivity contribution in [2.45, 2.75) is 46.5 Å². The standard InChI is InChI=1S/C18H27N3/c1-17(2,3)12-18(4,5)14-9-7-13(8-10-14)15-11-16(19)21(6)20-15/h7-11H,12,19H2,1-6H3. The molecule has 0 bridgehead atoms. The van der Waals surface area contributed by atoms with Crippen LogP contribution in [-0.4, -0.2) is 9.78 Å². The zero-order valence-corrected chi connectivity index (χ0v) is 14.1. The average molecular weight is 285 g/mol. The van der Waals surface area contributed by atoms with Crippen LogP contribution in [0.4, 0.5) is 5.82 Å². The van der Waals surface area contributed by atoms with E-state index in [1.807, 2.05) is 13.1 Å². The van der Waals surface area contributed by atoms with Crippen LogP contribution in [0.5, 0.6) is 0 Å². The monoisotopic (exact) mass is 285 g/mol. The summed E-state index contributed by atoms with van der Waals surface area (Å²) in [6, 6.07) is 10.6. The van der Waals surface area contributed by atoms with E-state index >= 15 is 0 Å². The van der Waals surface area contributed by atoms with E-state index in [0.717, 1.165) is 17.7 Å². The lowest BCUT2D eigenvalue weighted by Gasteiger charge is -2.33. The molecular formula is C18H27N3. The van der Waals surface area contributed by atoms with Gasteiger partial charge in [0.25, 0.3) is 0 Å². The normalized spacial score (nSPS) is 12.7. The number of nitrogens with zero attached hydrogens (tertiary/aromatic N) is 2. The van der Waals surface area contributed by atoms with Gasteiger partial charge >= 0.3 is 0 Å². The van der Waals surface area contributed by atoms with Crippen molar-refractivity contribution in [2.24, 2.45) is 12.5 Å². The molecule has 1 aromatic heterocycles. The fourth-order valence-electron chi connectivity index (χ4n) is 3.14. The Morgan fingerprint density at radius 2 is 1.62 bits per heavy atom. The second-order valence-electron chi connectivity index (χ2n) is 7.78. The predicted octanol–water partition coefficient (Wildman–Crippen LogP) is 4.38. The average Bonchev–Trinajstić information content (AvgIpc) is 2.67. The Bertz CT molecular complexity index is 593. The number of nitrogens with two attached hydrogens (primary N) is 1. The number of aryl methyl sites for hydroxylation is 1. The van der Waals surface area contributed by atoms with E-state index in [0.29, 0.717) is 11.2 Å². The summed E-state index contributed by atoms with van der Waals surface area (Å²) in [5.41, 5.74) is 9.73. The van der Waals surface area contributed by atoms with Crippen LogP contribution in [-0.2, 0) is 12.5 Å². The van der Waals surface area contributed by atoms with Crippen molar-refractivity contribution in [3.05, 3.63) is 35.9 Å². The van der Waals surface area contributed by atoms with Gasteiger partial charge in [0.1, 0.15) is 5.82 Å². The number of rotatable bonds is 3. The molecule has 0 aliphatic rings. The number of anilines is 1. The molecule has 0 unspecified atom stereocenters. The van der Waals surface area contributed by atoms with Crippen LogP contribution in [0.2, 0.25) is 0 Å². The predicted molar refractivity (Wildman–Crippen MR) is 90.2 cm³/mol. The first-order chi connectivity index (χ1) is 9.58. The molecule has 3 heteroatoms. The molecule has 0 aliphatic heterocycles. The third-order valence-corrected chi connectivity index (χ3v) is 3.85. The molecule has 0 saturated heterocycles. The maximum Gasteiger partial charge on any atom is 0.121 e. The van der Waals surface area contributed by atoms with Crippen molar-refractivity contribution in [2.75, 3.05) is 5.73 Å². The molecule has 0 spiro atoms. The van der Waals surface area contributed by atoms with E-state index in [4.69, 9.17) is 5.73 Å². The molecule has 0 atom stereocenters. The highest BCUT2D eigenvalue weighted by molar-refractivity contribution is 5.62.